The van der Waals surface area contributed by atoms with Crippen LogP contribution in [0.4, 0.5) is 0 Å². The Labute approximate surface area is 301 Å². The minimum absolute atomic E-state index is 0.107. The molecule has 2 N–H and O–H groups in total. The van der Waals surface area contributed by atoms with Crippen LogP contribution < -0.4 is 0 Å². The predicted octanol–water partition coefficient (Wildman–Crippen LogP) is 11.6. The Morgan fingerprint density at radius 1 is 0.571 bits per heavy atom. The Hall–Kier alpha value is -2.18. The van der Waals surface area contributed by atoms with Crippen LogP contribution in [0.5, 0.6) is 0 Å². The van der Waals surface area contributed by atoms with Crippen molar-refractivity contribution in [3.8, 4) is 0 Å². The van der Waals surface area contributed by atoms with Crippen molar-refractivity contribution in [1.29, 1.82) is 0 Å². The minimum atomic E-state index is -0.804. The molecule has 0 heterocycles. The molecule has 0 aromatic heterocycles. The molecule has 0 saturated carbocycles. The van der Waals surface area contributed by atoms with Gasteiger partial charge in [-0.3, -0.25) is 9.59 Å². The van der Waals surface area contributed by atoms with Crippen LogP contribution in [0.15, 0.2) is 48.6 Å². The Morgan fingerprint density at radius 3 is 1.63 bits per heavy atom. The van der Waals surface area contributed by atoms with Crippen molar-refractivity contribution >= 4 is 11.9 Å². The van der Waals surface area contributed by atoms with Crippen LogP contribution in [0.3, 0.4) is 0 Å². The molecule has 0 radical (unpaired) electrons. The van der Waals surface area contributed by atoms with Gasteiger partial charge < -0.3 is 19.7 Å². The zero-order valence-corrected chi connectivity index (χ0v) is 31.8. The Kier molecular flexibility index (Phi) is 36.9. The molecular weight excluding hydrogens is 612 g/mol. The highest BCUT2D eigenvalue weighted by atomic mass is 16.6. The number of esters is 2. The first kappa shape index (κ1) is 46.8. The number of rotatable bonds is 36. The molecule has 6 nitrogen and oxygen atoms in total. The molecular formula is C43H76O6. The number of carbonyl (C=O) groups excluding carboxylic acids is 2. The van der Waals surface area contributed by atoms with Crippen LogP contribution in [-0.2, 0) is 19.1 Å². The van der Waals surface area contributed by atoms with Gasteiger partial charge >= 0.3 is 11.9 Å². The van der Waals surface area contributed by atoms with Gasteiger partial charge in [0.2, 0.25) is 0 Å². The number of hydrogen-bond donors (Lipinski definition) is 2. The van der Waals surface area contributed by atoms with E-state index in [1.54, 1.807) is 0 Å². The van der Waals surface area contributed by atoms with Gasteiger partial charge in [-0.1, -0.05) is 184 Å². The van der Waals surface area contributed by atoms with Gasteiger partial charge in [0.05, 0.1) is 12.7 Å². The number of aliphatic hydroxyl groups excluding tert-OH is 2. The maximum Gasteiger partial charge on any atom is 0.306 e. The van der Waals surface area contributed by atoms with Crippen molar-refractivity contribution in [2.75, 3.05) is 13.2 Å². The third-order valence-corrected chi connectivity index (χ3v) is 8.73. The van der Waals surface area contributed by atoms with Crippen LogP contribution in [0.25, 0.3) is 0 Å². The second kappa shape index (κ2) is 38.6. The van der Waals surface area contributed by atoms with Crippen molar-refractivity contribution < 1.29 is 29.3 Å². The van der Waals surface area contributed by atoms with E-state index < -0.39 is 6.10 Å². The van der Waals surface area contributed by atoms with Crippen LogP contribution in [0, 0.1) is 0 Å². The summed E-state index contributed by atoms with van der Waals surface area (Å²) < 4.78 is 10.6. The normalized spacial score (nSPS) is 13.3. The molecule has 0 unspecified atom stereocenters. The molecule has 0 rings (SSSR count). The lowest BCUT2D eigenvalue weighted by atomic mass is 10.0. The van der Waals surface area contributed by atoms with Crippen LogP contribution in [0.2, 0.25) is 0 Å². The standard InChI is InChI=1S/C43H76O6/c1-3-5-7-8-9-10-11-12-13-14-15-16-19-23-26-29-33-37-43(47)49-41(38-44)39-48-42(46)36-32-28-25-22-20-17-18-21-24-27-31-35-40(45)34-30-6-4-2/h17-18,22,24-25,27,31,35,40-41,44-45H,3-16,19-21,23,26,28-30,32-34,36-39H2,1-2H3/b18-17-,25-22-,27-24-,35-31+/t40-,41+/m1/s1. The van der Waals surface area contributed by atoms with E-state index in [0.717, 1.165) is 57.8 Å². The quantitative estimate of drug-likeness (QED) is 0.0294. The van der Waals surface area contributed by atoms with E-state index in [2.05, 4.69) is 44.2 Å². The number of ether oxygens (including phenoxy) is 2. The Balaban J connectivity index is 3.67. The molecule has 0 aromatic carbocycles. The lowest BCUT2D eigenvalue weighted by Crippen LogP contribution is -2.28. The number of unbranched alkanes of at least 4 members (excludes halogenated alkanes) is 19. The second-order valence-electron chi connectivity index (χ2n) is 13.6. The maximum absolute atomic E-state index is 12.2. The van der Waals surface area contributed by atoms with Crippen LogP contribution in [0.1, 0.15) is 187 Å². The average Bonchev–Trinajstić information content (AvgIpc) is 3.10. The summed E-state index contributed by atoms with van der Waals surface area (Å²) in [4.78, 5) is 24.2. The average molecular weight is 689 g/mol. The first-order chi connectivity index (χ1) is 24.0. The minimum Gasteiger partial charge on any atom is -0.462 e. The van der Waals surface area contributed by atoms with Crippen molar-refractivity contribution in [2.24, 2.45) is 0 Å². The van der Waals surface area contributed by atoms with Crippen LogP contribution in [-0.4, -0.2) is 47.6 Å². The monoisotopic (exact) mass is 689 g/mol. The van der Waals surface area contributed by atoms with E-state index in [1.807, 2.05) is 18.2 Å². The van der Waals surface area contributed by atoms with Crippen molar-refractivity contribution in [3.63, 3.8) is 0 Å². The smallest absolute Gasteiger partial charge is 0.306 e. The molecule has 0 aliphatic carbocycles. The molecule has 0 saturated heterocycles. The van der Waals surface area contributed by atoms with Gasteiger partial charge in [-0.2, -0.15) is 0 Å². The lowest BCUT2D eigenvalue weighted by Gasteiger charge is -2.15. The predicted molar refractivity (Wildman–Crippen MR) is 206 cm³/mol. The van der Waals surface area contributed by atoms with Gasteiger partial charge in [0, 0.05) is 12.8 Å². The fraction of sp³-hybridized carbons (Fsp3) is 0.767. The first-order valence-corrected chi connectivity index (χ1v) is 20.3. The largest absolute Gasteiger partial charge is 0.462 e. The summed E-state index contributed by atoms with van der Waals surface area (Å²) in [6.07, 6.45) is 45.0. The summed E-state index contributed by atoms with van der Waals surface area (Å²) in [7, 11) is 0. The van der Waals surface area contributed by atoms with Crippen molar-refractivity contribution in [1.82, 2.24) is 0 Å². The maximum atomic E-state index is 12.2. The van der Waals surface area contributed by atoms with E-state index in [4.69, 9.17) is 9.47 Å². The van der Waals surface area contributed by atoms with E-state index in [1.165, 1.54) is 96.3 Å². The van der Waals surface area contributed by atoms with Crippen molar-refractivity contribution in [3.05, 3.63) is 48.6 Å². The van der Waals surface area contributed by atoms with Crippen molar-refractivity contribution in [2.45, 2.75) is 199 Å². The van der Waals surface area contributed by atoms with E-state index in [0.29, 0.717) is 12.8 Å². The van der Waals surface area contributed by atoms with Gasteiger partial charge in [0.25, 0.3) is 0 Å². The molecule has 0 aromatic rings. The van der Waals surface area contributed by atoms with Crippen LogP contribution >= 0.6 is 0 Å². The highest BCUT2D eigenvalue weighted by Gasteiger charge is 2.16. The SMILES string of the molecule is CCCCCCCCCCCCCCCCCCCC(=O)O[C@@H](CO)COC(=O)CCC/C=C\C/C=C\C/C=C\C=C\[C@H](O)CCCCC. The summed E-state index contributed by atoms with van der Waals surface area (Å²) in [6, 6.07) is 0. The molecule has 6 heteroatoms. The zero-order chi connectivity index (χ0) is 35.9. The molecule has 0 fully saturated rings. The molecule has 0 spiro atoms. The lowest BCUT2D eigenvalue weighted by molar-refractivity contribution is -0.161. The summed E-state index contributed by atoms with van der Waals surface area (Å²) in [5, 5.41) is 19.4. The highest BCUT2D eigenvalue weighted by molar-refractivity contribution is 5.70. The van der Waals surface area contributed by atoms with Gasteiger partial charge in [0.1, 0.15) is 6.61 Å². The summed E-state index contributed by atoms with van der Waals surface area (Å²) >= 11 is 0. The molecule has 0 aliphatic heterocycles. The number of aliphatic hydroxyl groups is 2. The summed E-state index contributed by atoms with van der Waals surface area (Å²) in [5.74, 6) is -0.679. The molecule has 0 aliphatic rings. The zero-order valence-electron chi connectivity index (χ0n) is 31.8. The van der Waals surface area contributed by atoms with E-state index in [9.17, 15) is 19.8 Å². The van der Waals surface area contributed by atoms with E-state index >= 15 is 0 Å². The van der Waals surface area contributed by atoms with Gasteiger partial charge in [-0.25, -0.2) is 0 Å². The first-order valence-electron chi connectivity index (χ1n) is 20.3. The molecule has 49 heavy (non-hydrogen) atoms. The third-order valence-electron chi connectivity index (χ3n) is 8.73. The molecule has 0 bridgehead atoms. The topological polar surface area (TPSA) is 93.1 Å². The fourth-order valence-corrected chi connectivity index (χ4v) is 5.60. The number of hydrogen-bond acceptors (Lipinski definition) is 6. The number of allylic oxidation sites excluding steroid dienone is 7. The Bertz CT molecular complexity index is 845. The summed E-state index contributed by atoms with van der Waals surface area (Å²) in [6.45, 7) is 3.97. The van der Waals surface area contributed by atoms with Gasteiger partial charge in [-0.05, 0) is 38.5 Å². The fourth-order valence-electron chi connectivity index (χ4n) is 5.60. The molecule has 2 atom stereocenters. The van der Waals surface area contributed by atoms with E-state index in [-0.39, 0.29) is 37.7 Å². The second-order valence-corrected chi connectivity index (χ2v) is 13.6. The highest BCUT2D eigenvalue weighted by Crippen LogP contribution is 2.15. The summed E-state index contributed by atoms with van der Waals surface area (Å²) in [5.41, 5.74) is 0. The van der Waals surface area contributed by atoms with Gasteiger partial charge in [-0.15, -0.1) is 0 Å². The third kappa shape index (κ3) is 36.9. The molecule has 284 valence electrons. The van der Waals surface area contributed by atoms with Gasteiger partial charge in [0.15, 0.2) is 6.10 Å². The number of carbonyl (C=O) groups is 2. The Morgan fingerprint density at radius 2 is 1.06 bits per heavy atom. The molecule has 0 amide bonds.